The van der Waals surface area contributed by atoms with Gasteiger partial charge in [0.25, 0.3) is 0 Å². The predicted molar refractivity (Wildman–Crippen MR) is 76.6 cm³/mol. The highest BCUT2D eigenvalue weighted by atomic mass is 32.2. The molecule has 1 aliphatic heterocycles. The zero-order valence-corrected chi connectivity index (χ0v) is 11.3. The fourth-order valence-electron chi connectivity index (χ4n) is 2.13. The van der Waals surface area contributed by atoms with Crippen molar-refractivity contribution in [3.05, 3.63) is 54.1 Å². The Morgan fingerprint density at radius 3 is 2.63 bits per heavy atom. The van der Waals surface area contributed by atoms with E-state index in [9.17, 15) is 4.21 Å². The predicted octanol–water partition coefficient (Wildman–Crippen LogP) is 3.09. The second-order valence-corrected chi connectivity index (χ2v) is 5.68. The smallest absolute Gasteiger partial charge is 0.122 e. The van der Waals surface area contributed by atoms with Crippen molar-refractivity contribution < 1.29 is 8.95 Å². The first-order valence-corrected chi connectivity index (χ1v) is 7.15. The lowest BCUT2D eigenvalue weighted by atomic mass is 10.1. The van der Waals surface area contributed by atoms with Crippen LogP contribution in [-0.2, 0) is 17.2 Å². The van der Waals surface area contributed by atoms with Crippen molar-refractivity contribution >= 4 is 21.5 Å². The molecule has 0 spiro atoms. The maximum Gasteiger partial charge on any atom is 0.122 e. The molecule has 3 rings (SSSR count). The quantitative estimate of drug-likeness (QED) is 0.860. The fourth-order valence-corrected chi connectivity index (χ4v) is 3.35. The number of hydrogen-bond acceptors (Lipinski definition) is 3. The Hall–Kier alpha value is -1.94. The second kappa shape index (κ2) is 4.97. The second-order valence-electron chi connectivity index (χ2n) is 4.23. The standard InChI is InChI=1S/C15H13NO2S/c1-18-13-8-4-2-6-11(13)10-15-16-12-7-3-5-9-14(12)19(15)17/h2-9H,10H2,1H3. The summed E-state index contributed by atoms with van der Waals surface area (Å²) in [6, 6.07) is 15.3. The van der Waals surface area contributed by atoms with Gasteiger partial charge in [-0.25, -0.2) is 9.20 Å². The lowest BCUT2D eigenvalue weighted by molar-refractivity contribution is 0.411. The van der Waals surface area contributed by atoms with E-state index in [0.717, 1.165) is 21.9 Å². The number of methoxy groups -OCH3 is 1. The molecule has 0 amide bonds. The Kier molecular flexibility index (Phi) is 3.17. The Morgan fingerprint density at radius 2 is 1.84 bits per heavy atom. The molecule has 1 heterocycles. The highest BCUT2D eigenvalue weighted by molar-refractivity contribution is 8.01. The van der Waals surface area contributed by atoms with Crippen molar-refractivity contribution in [1.29, 1.82) is 0 Å². The van der Waals surface area contributed by atoms with Crippen LogP contribution >= 0.6 is 0 Å². The summed E-state index contributed by atoms with van der Waals surface area (Å²) in [5.74, 6) is 0.804. The molecule has 96 valence electrons. The monoisotopic (exact) mass is 271 g/mol. The van der Waals surface area contributed by atoms with Crippen LogP contribution in [0.4, 0.5) is 5.69 Å². The first-order valence-electron chi connectivity index (χ1n) is 6.00. The molecule has 0 bridgehead atoms. The van der Waals surface area contributed by atoms with E-state index < -0.39 is 10.8 Å². The van der Waals surface area contributed by atoms with Gasteiger partial charge in [-0.15, -0.1) is 0 Å². The first kappa shape index (κ1) is 12.1. The number of para-hydroxylation sites is 2. The van der Waals surface area contributed by atoms with Crippen molar-refractivity contribution in [3.8, 4) is 5.75 Å². The third-order valence-electron chi connectivity index (χ3n) is 3.06. The van der Waals surface area contributed by atoms with Gasteiger partial charge >= 0.3 is 0 Å². The molecule has 0 saturated carbocycles. The van der Waals surface area contributed by atoms with Gasteiger partial charge < -0.3 is 4.74 Å². The highest BCUT2D eigenvalue weighted by Gasteiger charge is 2.23. The molecule has 2 aromatic carbocycles. The molecule has 0 aliphatic carbocycles. The maximum atomic E-state index is 12.3. The van der Waals surface area contributed by atoms with Crippen LogP contribution in [0.25, 0.3) is 0 Å². The van der Waals surface area contributed by atoms with Crippen LogP contribution in [0.15, 0.2) is 58.4 Å². The summed E-state index contributed by atoms with van der Waals surface area (Å²) < 4.78 is 17.7. The van der Waals surface area contributed by atoms with Gasteiger partial charge in [0.05, 0.1) is 17.7 Å². The lowest BCUT2D eigenvalue weighted by Crippen LogP contribution is -2.07. The first-order chi connectivity index (χ1) is 9.29. The van der Waals surface area contributed by atoms with Crippen LogP contribution in [0.3, 0.4) is 0 Å². The molecular formula is C15H13NO2S. The largest absolute Gasteiger partial charge is 0.496 e. The summed E-state index contributed by atoms with van der Waals surface area (Å²) in [5.41, 5.74) is 1.82. The third-order valence-corrected chi connectivity index (χ3v) is 4.47. The van der Waals surface area contributed by atoms with Crippen molar-refractivity contribution in [3.63, 3.8) is 0 Å². The molecule has 1 unspecified atom stereocenters. The number of aliphatic imine (C=N–C) groups is 1. The van der Waals surface area contributed by atoms with Crippen LogP contribution < -0.4 is 4.74 Å². The number of hydrogen-bond donors (Lipinski definition) is 0. The van der Waals surface area contributed by atoms with Gasteiger partial charge in [-0.2, -0.15) is 0 Å². The minimum Gasteiger partial charge on any atom is -0.496 e. The van der Waals surface area contributed by atoms with E-state index in [4.69, 9.17) is 4.74 Å². The molecule has 0 radical (unpaired) electrons. The van der Waals surface area contributed by atoms with Gasteiger partial charge in [-0.1, -0.05) is 30.3 Å². The topological polar surface area (TPSA) is 38.7 Å². The molecule has 2 aromatic rings. The minimum absolute atomic E-state index is 0.547. The van der Waals surface area contributed by atoms with E-state index >= 15 is 0 Å². The molecule has 1 atom stereocenters. The summed E-state index contributed by atoms with van der Waals surface area (Å²) >= 11 is 0. The van der Waals surface area contributed by atoms with Crippen molar-refractivity contribution in [2.45, 2.75) is 11.3 Å². The van der Waals surface area contributed by atoms with E-state index in [1.54, 1.807) is 7.11 Å². The molecular weight excluding hydrogens is 258 g/mol. The van der Waals surface area contributed by atoms with Crippen LogP contribution in [0, 0.1) is 0 Å². The number of nitrogens with zero attached hydrogens (tertiary/aromatic N) is 1. The van der Waals surface area contributed by atoms with Crippen LogP contribution in [0.1, 0.15) is 5.56 Å². The Morgan fingerprint density at radius 1 is 1.11 bits per heavy atom. The summed E-state index contributed by atoms with van der Waals surface area (Å²) in [6.45, 7) is 0. The van der Waals surface area contributed by atoms with E-state index in [0.29, 0.717) is 11.5 Å². The van der Waals surface area contributed by atoms with Gasteiger partial charge in [-0.3, -0.25) is 0 Å². The highest BCUT2D eigenvalue weighted by Crippen LogP contribution is 2.31. The van der Waals surface area contributed by atoms with Crippen molar-refractivity contribution in [2.75, 3.05) is 7.11 Å². The third kappa shape index (κ3) is 2.19. The Labute approximate surface area is 114 Å². The van der Waals surface area contributed by atoms with Crippen molar-refractivity contribution in [1.82, 2.24) is 0 Å². The van der Waals surface area contributed by atoms with Crippen LogP contribution in [0.5, 0.6) is 5.75 Å². The molecule has 19 heavy (non-hydrogen) atoms. The fraction of sp³-hybridized carbons (Fsp3) is 0.133. The Balaban J connectivity index is 1.92. The summed E-state index contributed by atoms with van der Waals surface area (Å²) in [6.07, 6.45) is 0.547. The van der Waals surface area contributed by atoms with Crippen LogP contribution in [0.2, 0.25) is 0 Å². The number of ether oxygens (including phenoxy) is 1. The van der Waals surface area contributed by atoms with Gasteiger partial charge in [-0.05, 0) is 18.2 Å². The molecule has 0 aromatic heterocycles. The average Bonchev–Trinajstić information content (AvgIpc) is 2.77. The molecule has 1 aliphatic rings. The summed E-state index contributed by atoms with van der Waals surface area (Å²) in [5, 5.41) is 0.686. The van der Waals surface area contributed by atoms with E-state index in [-0.39, 0.29) is 0 Å². The number of benzene rings is 2. The number of rotatable bonds is 3. The molecule has 0 saturated heterocycles. The SMILES string of the molecule is COc1ccccc1CC1=Nc2ccccc2S1=O. The number of fused-ring (bicyclic) bond motifs is 1. The minimum atomic E-state index is -1.15. The van der Waals surface area contributed by atoms with Crippen LogP contribution in [-0.4, -0.2) is 16.4 Å². The zero-order valence-electron chi connectivity index (χ0n) is 10.5. The van der Waals surface area contributed by atoms with E-state index in [1.807, 2.05) is 48.5 Å². The van der Waals surface area contributed by atoms with Gasteiger partial charge in [0.2, 0.25) is 0 Å². The molecule has 3 nitrogen and oxygen atoms in total. The average molecular weight is 271 g/mol. The van der Waals surface area contributed by atoms with Crippen molar-refractivity contribution in [2.24, 2.45) is 4.99 Å². The van der Waals surface area contributed by atoms with Gasteiger partial charge in [0, 0.05) is 12.0 Å². The summed E-state index contributed by atoms with van der Waals surface area (Å²) in [7, 11) is 0.488. The molecule has 4 heteroatoms. The maximum absolute atomic E-state index is 12.3. The van der Waals surface area contributed by atoms with E-state index in [2.05, 4.69) is 4.99 Å². The molecule has 0 fully saturated rings. The normalized spacial score (nSPS) is 16.9. The van der Waals surface area contributed by atoms with E-state index in [1.165, 1.54) is 0 Å². The van der Waals surface area contributed by atoms with Gasteiger partial charge in [0.15, 0.2) is 0 Å². The Bertz CT molecular complexity index is 679. The zero-order chi connectivity index (χ0) is 13.2. The molecule has 0 N–H and O–H groups in total. The lowest BCUT2D eigenvalue weighted by Gasteiger charge is -2.07. The van der Waals surface area contributed by atoms with Gasteiger partial charge in [0.1, 0.15) is 21.6 Å². The summed E-state index contributed by atoms with van der Waals surface area (Å²) in [4.78, 5) is 5.26.